The van der Waals surface area contributed by atoms with Gasteiger partial charge in [-0.25, -0.2) is 4.79 Å². The zero-order valence-electron chi connectivity index (χ0n) is 17.3. The van der Waals surface area contributed by atoms with Gasteiger partial charge in [0.05, 0.1) is 5.56 Å². The molecule has 5 rings (SSSR count). The summed E-state index contributed by atoms with van der Waals surface area (Å²) in [5.41, 5.74) is 3.59. The fraction of sp³-hybridized carbons (Fsp3) is 0.0769. The summed E-state index contributed by atoms with van der Waals surface area (Å²) >= 11 is 3.40. The van der Waals surface area contributed by atoms with Crippen molar-refractivity contribution >= 4 is 44.7 Å². The van der Waals surface area contributed by atoms with E-state index in [0.29, 0.717) is 28.2 Å². The molecule has 0 radical (unpaired) electrons. The second kappa shape index (κ2) is 7.80. The van der Waals surface area contributed by atoms with Gasteiger partial charge in [0.15, 0.2) is 5.76 Å². The van der Waals surface area contributed by atoms with Crippen LogP contribution in [0.2, 0.25) is 0 Å². The van der Waals surface area contributed by atoms with E-state index in [1.54, 1.807) is 37.3 Å². The number of carbonyl (C=O) groups excluding carboxylic acids is 2. The van der Waals surface area contributed by atoms with Crippen LogP contribution in [0.1, 0.15) is 37.6 Å². The topological polar surface area (TPSA) is 65.7 Å². The second-order valence-electron chi connectivity index (χ2n) is 7.60. The number of carbonyl (C=O) groups is 2. The Morgan fingerprint density at radius 2 is 1.78 bits per heavy atom. The lowest BCUT2D eigenvalue weighted by atomic mass is 10.1. The number of hydrogen-bond donors (Lipinski definition) is 0. The van der Waals surface area contributed by atoms with Crippen molar-refractivity contribution in [3.05, 3.63) is 98.9 Å². The molecule has 0 spiro atoms. The summed E-state index contributed by atoms with van der Waals surface area (Å²) in [6.45, 7) is 3.75. The molecule has 0 aliphatic carbocycles. The lowest BCUT2D eigenvalue weighted by Crippen LogP contribution is -2.08. The largest absolute Gasteiger partial charge is 0.452 e. The zero-order valence-corrected chi connectivity index (χ0v) is 18.9. The fourth-order valence-electron chi connectivity index (χ4n) is 3.56. The molecule has 0 amide bonds. The molecule has 4 aromatic rings. The first-order valence-corrected chi connectivity index (χ1v) is 10.7. The van der Waals surface area contributed by atoms with Gasteiger partial charge in [-0.15, -0.1) is 0 Å². The maximum absolute atomic E-state index is 12.8. The molecule has 5 nitrogen and oxygen atoms in total. The van der Waals surface area contributed by atoms with E-state index in [9.17, 15) is 9.59 Å². The van der Waals surface area contributed by atoms with Gasteiger partial charge in [-0.2, -0.15) is 0 Å². The molecule has 0 bridgehead atoms. The molecule has 0 atom stereocenters. The van der Waals surface area contributed by atoms with E-state index >= 15 is 0 Å². The summed E-state index contributed by atoms with van der Waals surface area (Å²) in [5, 5.41) is 0.789. The average molecular weight is 489 g/mol. The standard InChI is InChI=1S/C26H17BrO5/c1-14-3-5-16(6-4-14)11-22-24(28)19-8-10-20(15(2)25(19)31-22)32-26(29)23-13-17-12-18(27)7-9-21(17)30-23/h3-13H,1-2H3/b22-11-. The minimum Gasteiger partial charge on any atom is -0.452 e. The van der Waals surface area contributed by atoms with Crippen LogP contribution >= 0.6 is 15.9 Å². The van der Waals surface area contributed by atoms with E-state index in [2.05, 4.69) is 15.9 Å². The summed E-state index contributed by atoms with van der Waals surface area (Å²) in [7, 11) is 0. The van der Waals surface area contributed by atoms with Gasteiger partial charge in [-0.05, 0) is 61.9 Å². The Morgan fingerprint density at radius 3 is 2.56 bits per heavy atom. The number of ketones is 1. The quantitative estimate of drug-likeness (QED) is 0.183. The first-order chi connectivity index (χ1) is 15.4. The Labute approximate surface area is 192 Å². The zero-order chi connectivity index (χ0) is 22.4. The van der Waals surface area contributed by atoms with Crippen LogP contribution in [0.3, 0.4) is 0 Å². The Kier molecular flexibility index (Phi) is 4.94. The van der Waals surface area contributed by atoms with E-state index in [-0.39, 0.29) is 17.3 Å². The molecule has 1 aliphatic rings. The Bertz CT molecular complexity index is 1430. The Hall–Kier alpha value is -3.64. The van der Waals surface area contributed by atoms with Gasteiger partial charge in [0.2, 0.25) is 11.5 Å². The van der Waals surface area contributed by atoms with Gasteiger partial charge in [0.1, 0.15) is 17.1 Å². The van der Waals surface area contributed by atoms with Crippen molar-refractivity contribution < 1.29 is 23.5 Å². The summed E-state index contributed by atoms with van der Waals surface area (Å²) < 4.78 is 17.9. The normalized spacial score (nSPS) is 14.0. The number of ether oxygens (including phenoxy) is 2. The van der Waals surface area contributed by atoms with E-state index in [1.165, 1.54) is 0 Å². The number of Topliss-reactive ketones (excluding diaryl/α,β-unsaturated/α-hetero) is 1. The second-order valence-corrected chi connectivity index (χ2v) is 8.51. The van der Waals surface area contributed by atoms with E-state index in [1.807, 2.05) is 43.3 Å². The van der Waals surface area contributed by atoms with Crippen molar-refractivity contribution in [3.63, 3.8) is 0 Å². The minimum absolute atomic E-state index is 0.0925. The van der Waals surface area contributed by atoms with Gasteiger partial charge in [-0.3, -0.25) is 4.79 Å². The molecule has 6 heteroatoms. The van der Waals surface area contributed by atoms with Crippen LogP contribution in [-0.4, -0.2) is 11.8 Å². The first-order valence-electron chi connectivity index (χ1n) is 9.95. The number of furan rings is 1. The highest BCUT2D eigenvalue weighted by Gasteiger charge is 2.31. The van der Waals surface area contributed by atoms with Crippen molar-refractivity contribution in [1.82, 2.24) is 0 Å². The monoisotopic (exact) mass is 488 g/mol. The molecule has 0 fully saturated rings. The fourth-order valence-corrected chi connectivity index (χ4v) is 3.94. The molecule has 2 heterocycles. The van der Waals surface area contributed by atoms with E-state index in [4.69, 9.17) is 13.9 Å². The molecule has 0 N–H and O–H groups in total. The van der Waals surface area contributed by atoms with Crippen molar-refractivity contribution in [2.75, 3.05) is 0 Å². The lowest BCUT2D eigenvalue weighted by molar-refractivity contribution is 0.0702. The number of halogens is 1. The van der Waals surface area contributed by atoms with Gasteiger partial charge in [0, 0.05) is 15.4 Å². The highest BCUT2D eigenvalue weighted by molar-refractivity contribution is 9.10. The first kappa shape index (κ1) is 20.3. The van der Waals surface area contributed by atoms with Crippen LogP contribution in [0.4, 0.5) is 0 Å². The lowest BCUT2D eigenvalue weighted by Gasteiger charge is -2.09. The number of fused-ring (bicyclic) bond motifs is 2. The molecule has 0 unspecified atom stereocenters. The highest BCUT2D eigenvalue weighted by Crippen LogP contribution is 2.39. The summed E-state index contributed by atoms with van der Waals surface area (Å²) in [6, 6.07) is 18.1. The number of esters is 1. The van der Waals surface area contributed by atoms with Crippen LogP contribution in [-0.2, 0) is 0 Å². The van der Waals surface area contributed by atoms with Crippen LogP contribution in [0.5, 0.6) is 11.5 Å². The molecular weight excluding hydrogens is 472 g/mol. The van der Waals surface area contributed by atoms with Gasteiger partial charge >= 0.3 is 5.97 Å². The summed E-state index contributed by atoms with van der Waals surface area (Å²) in [5.74, 6) is 0.199. The highest BCUT2D eigenvalue weighted by atomic mass is 79.9. The number of benzene rings is 3. The van der Waals surface area contributed by atoms with Crippen LogP contribution in [0.15, 0.2) is 75.3 Å². The smallest absolute Gasteiger partial charge is 0.379 e. The predicted octanol–water partition coefficient (Wildman–Crippen LogP) is 6.65. The number of hydrogen-bond acceptors (Lipinski definition) is 5. The molecule has 0 saturated heterocycles. The van der Waals surface area contributed by atoms with Crippen LogP contribution in [0.25, 0.3) is 17.0 Å². The van der Waals surface area contributed by atoms with E-state index in [0.717, 1.165) is 21.0 Å². The molecule has 32 heavy (non-hydrogen) atoms. The number of allylic oxidation sites excluding steroid dienone is 1. The predicted molar refractivity (Wildman–Crippen MR) is 124 cm³/mol. The van der Waals surface area contributed by atoms with Crippen molar-refractivity contribution in [3.8, 4) is 11.5 Å². The summed E-state index contributed by atoms with van der Waals surface area (Å²) in [6.07, 6.45) is 1.71. The summed E-state index contributed by atoms with van der Waals surface area (Å²) in [4.78, 5) is 25.5. The van der Waals surface area contributed by atoms with Gasteiger partial charge in [-0.1, -0.05) is 45.8 Å². The van der Waals surface area contributed by atoms with Gasteiger partial charge < -0.3 is 13.9 Å². The Balaban J connectivity index is 1.41. The number of aryl methyl sites for hydroxylation is 1. The molecule has 158 valence electrons. The third-order valence-electron chi connectivity index (χ3n) is 5.29. The van der Waals surface area contributed by atoms with Crippen LogP contribution < -0.4 is 9.47 Å². The minimum atomic E-state index is -0.625. The van der Waals surface area contributed by atoms with Gasteiger partial charge in [0.25, 0.3) is 0 Å². The maximum atomic E-state index is 12.8. The third kappa shape index (κ3) is 3.63. The van der Waals surface area contributed by atoms with Crippen molar-refractivity contribution in [1.29, 1.82) is 0 Å². The SMILES string of the molecule is Cc1ccc(/C=C2\Oc3c(ccc(OC(=O)c4cc5cc(Br)ccc5o4)c3C)C2=O)cc1. The average Bonchev–Trinajstić information content (AvgIpc) is 3.33. The van der Waals surface area contributed by atoms with Crippen molar-refractivity contribution in [2.24, 2.45) is 0 Å². The Morgan fingerprint density at radius 1 is 1.00 bits per heavy atom. The number of rotatable bonds is 3. The van der Waals surface area contributed by atoms with E-state index < -0.39 is 5.97 Å². The molecule has 1 aromatic heterocycles. The van der Waals surface area contributed by atoms with Crippen LogP contribution in [0, 0.1) is 13.8 Å². The molecule has 3 aromatic carbocycles. The third-order valence-corrected chi connectivity index (χ3v) is 5.79. The molecular formula is C26H17BrO5. The molecule has 0 saturated carbocycles. The maximum Gasteiger partial charge on any atom is 0.379 e. The molecule has 1 aliphatic heterocycles. The van der Waals surface area contributed by atoms with Crippen molar-refractivity contribution in [2.45, 2.75) is 13.8 Å².